The summed E-state index contributed by atoms with van der Waals surface area (Å²) < 4.78 is 1.95. The standard InChI is InChI=1S/C15H25ClN4/c1-4-13-15(16)14(20(3)18-13)9-19(2)12-7-10-5-6-11(8-12)17-10/h10-12,17H,4-9H2,1-3H3. The van der Waals surface area contributed by atoms with E-state index in [0.29, 0.717) is 6.04 Å². The fourth-order valence-corrected chi connectivity index (χ4v) is 4.10. The minimum atomic E-state index is 0.671. The van der Waals surface area contributed by atoms with Crippen molar-refractivity contribution in [3.8, 4) is 0 Å². The first kappa shape index (κ1) is 14.4. The van der Waals surface area contributed by atoms with E-state index in [1.807, 2.05) is 11.7 Å². The number of fused-ring (bicyclic) bond motifs is 2. The van der Waals surface area contributed by atoms with E-state index >= 15 is 0 Å². The first-order valence-electron chi connectivity index (χ1n) is 7.75. The van der Waals surface area contributed by atoms with Gasteiger partial charge in [0.25, 0.3) is 0 Å². The van der Waals surface area contributed by atoms with Gasteiger partial charge in [0, 0.05) is 31.7 Å². The lowest BCUT2D eigenvalue weighted by atomic mass is 9.98. The molecule has 2 unspecified atom stereocenters. The zero-order valence-corrected chi connectivity index (χ0v) is 13.5. The smallest absolute Gasteiger partial charge is 0.0863 e. The molecule has 0 amide bonds. The Kier molecular flexibility index (Phi) is 4.07. The van der Waals surface area contributed by atoms with E-state index in [-0.39, 0.29) is 0 Å². The van der Waals surface area contributed by atoms with Crippen LogP contribution in [-0.4, -0.2) is 39.9 Å². The van der Waals surface area contributed by atoms with Crippen molar-refractivity contribution < 1.29 is 0 Å². The summed E-state index contributed by atoms with van der Waals surface area (Å²) in [6.45, 7) is 3.00. The molecule has 3 rings (SSSR count). The topological polar surface area (TPSA) is 33.1 Å². The third-order valence-electron chi connectivity index (χ3n) is 4.97. The zero-order chi connectivity index (χ0) is 14.3. The summed E-state index contributed by atoms with van der Waals surface area (Å²) in [7, 11) is 4.23. The van der Waals surface area contributed by atoms with Crippen LogP contribution in [0.15, 0.2) is 0 Å². The summed E-state index contributed by atoms with van der Waals surface area (Å²) in [5.41, 5.74) is 2.17. The predicted molar refractivity (Wildman–Crippen MR) is 82.0 cm³/mol. The number of rotatable bonds is 4. The highest BCUT2D eigenvalue weighted by atomic mass is 35.5. The molecule has 0 spiro atoms. The maximum atomic E-state index is 6.46. The highest BCUT2D eigenvalue weighted by molar-refractivity contribution is 6.31. The Labute approximate surface area is 126 Å². The van der Waals surface area contributed by atoms with Crippen LogP contribution in [0, 0.1) is 0 Å². The van der Waals surface area contributed by atoms with E-state index in [2.05, 4.69) is 29.3 Å². The maximum Gasteiger partial charge on any atom is 0.0863 e. The van der Waals surface area contributed by atoms with Gasteiger partial charge in [-0.3, -0.25) is 9.58 Å². The van der Waals surface area contributed by atoms with Gasteiger partial charge in [-0.25, -0.2) is 0 Å². The lowest BCUT2D eigenvalue weighted by molar-refractivity contribution is 0.163. The van der Waals surface area contributed by atoms with Gasteiger partial charge in [0.05, 0.1) is 16.4 Å². The van der Waals surface area contributed by atoms with Crippen molar-refractivity contribution in [3.63, 3.8) is 0 Å². The minimum Gasteiger partial charge on any atom is -0.311 e. The third kappa shape index (κ3) is 2.61. The summed E-state index contributed by atoms with van der Waals surface area (Å²) >= 11 is 6.46. The Morgan fingerprint density at radius 2 is 2.00 bits per heavy atom. The van der Waals surface area contributed by atoms with Crippen LogP contribution in [0.5, 0.6) is 0 Å². The van der Waals surface area contributed by atoms with E-state index in [1.54, 1.807) is 0 Å². The van der Waals surface area contributed by atoms with Crippen molar-refractivity contribution in [3.05, 3.63) is 16.4 Å². The summed E-state index contributed by atoms with van der Waals surface area (Å²) in [5, 5.41) is 9.08. The van der Waals surface area contributed by atoms with Crippen LogP contribution >= 0.6 is 11.6 Å². The average Bonchev–Trinajstić information content (AvgIpc) is 2.91. The Bertz CT molecular complexity index is 472. The highest BCUT2D eigenvalue weighted by Gasteiger charge is 2.35. The molecule has 1 aromatic rings. The van der Waals surface area contributed by atoms with E-state index in [1.165, 1.54) is 25.7 Å². The monoisotopic (exact) mass is 296 g/mol. The van der Waals surface area contributed by atoms with E-state index in [9.17, 15) is 0 Å². The van der Waals surface area contributed by atoms with Gasteiger partial charge in [0.2, 0.25) is 0 Å². The number of hydrogen-bond donors (Lipinski definition) is 1. The summed E-state index contributed by atoms with van der Waals surface area (Å²) in [4.78, 5) is 2.47. The molecule has 5 heteroatoms. The van der Waals surface area contributed by atoms with Gasteiger partial charge in [-0.2, -0.15) is 5.10 Å². The first-order valence-corrected chi connectivity index (χ1v) is 8.12. The number of aryl methyl sites for hydroxylation is 2. The number of hydrogen-bond acceptors (Lipinski definition) is 3. The first-order chi connectivity index (χ1) is 9.58. The molecule has 2 saturated heterocycles. The number of halogens is 1. The molecule has 2 aliphatic rings. The van der Waals surface area contributed by atoms with Crippen LogP contribution in [0.3, 0.4) is 0 Å². The molecule has 0 aliphatic carbocycles. The Morgan fingerprint density at radius 1 is 1.35 bits per heavy atom. The van der Waals surface area contributed by atoms with Gasteiger partial charge in [0.1, 0.15) is 0 Å². The van der Waals surface area contributed by atoms with Crippen molar-refractivity contribution in [2.24, 2.45) is 7.05 Å². The second-order valence-electron chi connectivity index (χ2n) is 6.36. The van der Waals surface area contributed by atoms with Crippen LogP contribution in [0.1, 0.15) is 44.0 Å². The predicted octanol–water partition coefficient (Wildman–Crippen LogP) is 2.35. The summed E-state index contributed by atoms with van der Waals surface area (Å²) in [5.74, 6) is 0. The molecule has 2 bridgehead atoms. The fourth-order valence-electron chi connectivity index (χ4n) is 3.74. The number of nitrogens with zero attached hydrogens (tertiary/aromatic N) is 3. The molecule has 1 N–H and O–H groups in total. The van der Waals surface area contributed by atoms with E-state index in [0.717, 1.165) is 41.5 Å². The molecule has 0 aromatic carbocycles. The van der Waals surface area contributed by atoms with Gasteiger partial charge in [0.15, 0.2) is 0 Å². The third-order valence-corrected chi connectivity index (χ3v) is 5.41. The van der Waals surface area contributed by atoms with Crippen molar-refractivity contribution in [1.82, 2.24) is 20.0 Å². The molecule has 1 aromatic heterocycles. The molecular formula is C15H25ClN4. The minimum absolute atomic E-state index is 0.671. The van der Waals surface area contributed by atoms with Crippen LogP contribution in [0.2, 0.25) is 5.02 Å². The lowest BCUT2D eigenvalue weighted by Crippen LogP contribution is -2.46. The normalized spacial score (nSPS) is 29.4. The van der Waals surface area contributed by atoms with Gasteiger partial charge < -0.3 is 5.32 Å². The Morgan fingerprint density at radius 3 is 2.55 bits per heavy atom. The Balaban J connectivity index is 1.70. The van der Waals surface area contributed by atoms with Gasteiger partial charge in [-0.05, 0) is 39.2 Å². The number of piperidine rings is 1. The largest absolute Gasteiger partial charge is 0.311 e. The van der Waals surface area contributed by atoms with Crippen LogP contribution in [-0.2, 0) is 20.0 Å². The van der Waals surface area contributed by atoms with Gasteiger partial charge >= 0.3 is 0 Å². The average molecular weight is 297 g/mol. The molecule has 2 aliphatic heterocycles. The van der Waals surface area contributed by atoms with Crippen LogP contribution in [0.4, 0.5) is 0 Å². The maximum absolute atomic E-state index is 6.46. The molecular weight excluding hydrogens is 272 g/mol. The molecule has 4 nitrogen and oxygen atoms in total. The highest BCUT2D eigenvalue weighted by Crippen LogP contribution is 2.30. The molecule has 20 heavy (non-hydrogen) atoms. The van der Waals surface area contributed by atoms with Crippen molar-refractivity contribution in [2.75, 3.05) is 7.05 Å². The molecule has 112 valence electrons. The molecule has 2 atom stereocenters. The molecule has 0 saturated carbocycles. The summed E-state index contributed by atoms with van der Waals surface area (Å²) in [6, 6.07) is 2.13. The van der Waals surface area contributed by atoms with Crippen LogP contribution < -0.4 is 5.32 Å². The molecule has 0 radical (unpaired) electrons. The Hall–Kier alpha value is -0.580. The van der Waals surface area contributed by atoms with Crippen molar-refractivity contribution in [2.45, 2.75) is 63.7 Å². The van der Waals surface area contributed by atoms with Crippen LogP contribution in [0.25, 0.3) is 0 Å². The van der Waals surface area contributed by atoms with Crippen molar-refractivity contribution >= 4 is 11.6 Å². The second-order valence-corrected chi connectivity index (χ2v) is 6.74. The second kappa shape index (κ2) is 5.66. The number of aromatic nitrogens is 2. The van der Waals surface area contributed by atoms with Gasteiger partial charge in [-0.1, -0.05) is 18.5 Å². The number of nitrogens with one attached hydrogen (secondary N) is 1. The summed E-state index contributed by atoms with van der Waals surface area (Å²) in [6.07, 6.45) is 6.13. The van der Waals surface area contributed by atoms with E-state index < -0.39 is 0 Å². The SMILES string of the molecule is CCc1nn(C)c(CN(C)C2CC3CCC(C2)N3)c1Cl. The van der Waals surface area contributed by atoms with E-state index in [4.69, 9.17) is 11.6 Å². The van der Waals surface area contributed by atoms with Gasteiger partial charge in [-0.15, -0.1) is 0 Å². The quantitative estimate of drug-likeness (QED) is 0.926. The zero-order valence-electron chi connectivity index (χ0n) is 12.7. The van der Waals surface area contributed by atoms with Crippen molar-refractivity contribution in [1.29, 1.82) is 0 Å². The fraction of sp³-hybridized carbons (Fsp3) is 0.800. The molecule has 2 fully saturated rings. The lowest BCUT2D eigenvalue weighted by Gasteiger charge is -2.35. The molecule has 3 heterocycles.